The van der Waals surface area contributed by atoms with Crippen LogP contribution in [0.15, 0.2) is 100 Å². The molecule has 11 heteroatoms. The van der Waals surface area contributed by atoms with Crippen molar-refractivity contribution in [3.8, 4) is 11.5 Å². The highest BCUT2D eigenvalue weighted by atomic mass is 32.2. The number of alkyl halides is 3. The van der Waals surface area contributed by atoms with Crippen LogP contribution in [0.4, 0.5) is 29.3 Å². The summed E-state index contributed by atoms with van der Waals surface area (Å²) in [4.78, 5) is 26.6. The quantitative estimate of drug-likeness (QED) is 0.181. The molecule has 1 aliphatic rings. The fourth-order valence-electron chi connectivity index (χ4n) is 3.98. The number of thioether (sulfide) groups is 1. The lowest BCUT2D eigenvalue weighted by atomic mass is 10.1. The van der Waals surface area contributed by atoms with Crippen molar-refractivity contribution in [2.75, 3.05) is 13.2 Å². The van der Waals surface area contributed by atoms with Gasteiger partial charge in [0.1, 0.15) is 18.1 Å². The third-order valence-electron chi connectivity index (χ3n) is 5.95. The van der Waals surface area contributed by atoms with Crippen molar-refractivity contribution >= 4 is 51.1 Å². The van der Waals surface area contributed by atoms with E-state index in [0.29, 0.717) is 5.75 Å². The summed E-state index contributed by atoms with van der Waals surface area (Å²) >= 11 is 0.725. The third kappa shape index (κ3) is 5.99. The zero-order valence-electron chi connectivity index (χ0n) is 20.6. The molecule has 1 fully saturated rings. The van der Waals surface area contributed by atoms with Gasteiger partial charge in [-0.05, 0) is 65.7 Å². The van der Waals surface area contributed by atoms with Crippen LogP contribution in [0.5, 0.6) is 11.5 Å². The van der Waals surface area contributed by atoms with Crippen LogP contribution in [0.1, 0.15) is 11.1 Å². The molecular weight excluding hydrogens is 543 g/mol. The molecule has 4 aromatic rings. The molecule has 0 atom stereocenters. The Morgan fingerprint density at radius 1 is 0.900 bits per heavy atom. The Balaban J connectivity index is 1.28. The molecule has 1 aliphatic heterocycles. The highest BCUT2D eigenvalue weighted by Crippen LogP contribution is 2.36. The largest absolute Gasteiger partial charge is 0.507 e. The second-order valence-corrected chi connectivity index (χ2v) is 9.64. The topological polar surface area (TPSA) is 91.6 Å². The van der Waals surface area contributed by atoms with Crippen LogP contribution in [0.2, 0.25) is 0 Å². The number of hydrogen-bond acceptors (Lipinski definition) is 7. The Morgan fingerprint density at radius 3 is 2.42 bits per heavy atom. The van der Waals surface area contributed by atoms with Gasteiger partial charge in [-0.15, -0.1) is 0 Å². The molecular formula is C29H20F3N3O4S. The molecule has 7 nitrogen and oxygen atoms in total. The number of azo groups is 1. The minimum atomic E-state index is -4.51. The maximum Gasteiger partial charge on any atom is 0.416 e. The molecule has 0 aliphatic carbocycles. The number of rotatable bonds is 7. The molecule has 40 heavy (non-hydrogen) atoms. The second kappa shape index (κ2) is 11.2. The van der Waals surface area contributed by atoms with Crippen LogP contribution in [0.25, 0.3) is 16.8 Å². The van der Waals surface area contributed by atoms with Gasteiger partial charge in [-0.1, -0.05) is 42.5 Å². The molecule has 1 heterocycles. The van der Waals surface area contributed by atoms with E-state index in [1.807, 2.05) is 42.5 Å². The molecule has 0 unspecified atom stereocenters. The van der Waals surface area contributed by atoms with E-state index < -0.39 is 22.9 Å². The van der Waals surface area contributed by atoms with Crippen LogP contribution < -0.4 is 4.74 Å². The predicted octanol–water partition coefficient (Wildman–Crippen LogP) is 8.09. The second-order valence-electron chi connectivity index (χ2n) is 8.65. The Morgan fingerprint density at radius 2 is 1.62 bits per heavy atom. The van der Waals surface area contributed by atoms with Gasteiger partial charge in [0.2, 0.25) is 0 Å². The first-order valence-electron chi connectivity index (χ1n) is 12.0. The average Bonchev–Trinajstić information content (AvgIpc) is 3.20. The van der Waals surface area contributed by atoms with Gasteiger partial charge >= 0.3 is 6.18 Å². The summed E-state index contributed by atoms with van der Waals surface area (Å²) in [6.07, 6.45) is -3.16. The van der Waals surface area contributed by atoms with Gasteiger partial charge in [0, 0.05) is 10.9 Å². The number of phenolic OH excluding ortho intramolecular Hbond substituents is 1. The summed E-state index contributed by atoms with van der Waals surface area (Å²) in [6, 6.07) is 21.9. The molecule has 0 spiro atoms. The summed E-state index contributed by atoms with van der Waals surface area (Å²) in [5, 5.41) is 19.5. The number of nitrogens with zero attached hydrogens (tertiary/aromatic N) is 3. The monoisotopic (exact) mass is 563 g/mol. The number of halogens is 3. The van der Waals surface area contributed by atoms with E-state index >= 15 is 0 Å². The van der Waals surface area contributed by atoms with Crippen molar-refractivity contribution in [2.45, 2.75) is 6.18 Å². The molecule has 4 aromatic carbocycles. The van der Waals surface area contributed by atoms with Gasteiger partial charge in [0.15, 0.2) is 0 Å². The smallest absolute Gasteiger partial charge is 0.416 e. The minimum Gasteiger partial charge on any atom is -0.507 e. The van der Waals surface area contributed by atoms with E-state index in [1.54, 1.807) is 0 Å². The van der Waals surface area contributed by atoms with Crippen LogP contribution in [0, 0.1) is 0 Å². The molecule has 1 N–H and O–H groups in total. The van der Waals surface area contributed by atoms with Crippen LogP contribution in [-0.4, -0.2) is 34.3 Å². The number of imide groups is 1. The Kier molecular flexibility index (Phi) is 7.56. The number of carbonyl (C=O) groups is 2. The summed E-state index contributed by atoms with van der Waals surface area (Å²) < 4.78 is 44.7. The van der Waals surface area contributed by atoms with E-state index in [1.165, 1.54) is 36.4 Å². The van der Waals surface area contributed by atoms with Gasteiger partial charge in [-0.3, -0.25) is 14.5 Å². The fraction of sp³-hybridized carbons (Fsp3) is 0.103. The molecule has 1 saturated heterocycles. The van der Waals surface area contributed by atoms with Crippen molar-refractivity contribution in [1.82, 2.24) is 4.90 Å². The maximum absolute atomic E-state index is 12.9. The van der Waals surface area contributed by atoms with Crippen LogP contribution >= 0.6 is 11.8 Å². The van der Waals surface area contributed by atoms with E-state index in [-0.39, 0.29) is 40.7 Å². The minimum absolute atomic E-state index is 0.00344. The SMILES string of the molecule is O=C1S/C(=C\c2cc(N=Nc3cccc(C(F)(F)F)c3)ccc2O)C(=O)N1CCOc1cccc2ccccc12. The number of aromatic hydroxyl groups is 1. The zero-order valence-corrected chi connectivity index (χ0v) is 21.4. The number of benzene rings is 4. The molecule has 0 bridgehead atoms. The molecule has 0 aromatic heterocycles. The summed E-state index contributed by atoms with van der Waals surface area (Å²) in [5.74, 6) is -0.0716. The van der Waals surface area contributed by atoms with Crippen LogP contribution in [-0.2, 0) is 11.0 Å². The molecule has 5 rings (SSSR count). The lowest BCUT2D eigenvalue weighted by Crippen LogP contribution is -2.32. The Labute approximate surface area is 230 Å². The molecule has 0 saturated carbocycles. The molecule has 0 radical (unpaired) electrons. The number of hydrogen-bond donors (Lipinski definition) is 1. The normalized spacial score (nSPS) is 15.1. The first-order valence-corrected chi connectivity index (χ1v) is 12.8. The van der Waals surface area contributed by atoms with Crippen molar-refractivity contribution in [3.05, 3.63) is 101 Å². The average molecular weight is 564 g/mol. The number of carbonyl (C=O) groups excluding carboxylic acids is 2. The maximum atomic E-state index is 12.9. The Bertz CT molecular complexity index is 1660. The highest BCUT2D eigenvalue weighted by molar-refractivity contribution is 8.18. The van der Waals surface area contributed by atoms with Gasteiger partial charge < -0.3 is 9.84 Å². The van der Waals surface area contributed by atoms with Gasteiger partial charge in [0.05, 0.1) is 28.4 Å². The van der Waals surface area contributed by atoms with E-state index in [9.17, 15) is 27.9 Å². The number of ether oxygens (including phenoxy) is 1. The number of phenols is 1. The fourth-order valence-corrected chi connectivity index (χ4v) is 4.84. The molecule has 2 amide bonds. The van der Waals surface area contributed by atoms with Crippen LogP contribution in [0.3, 0.4) is 0 Å². The van der Waals surface area contributed by atoms with E-state index in [2.05, 4.69) is 10.2 Å². The lowest BCUT2D eigenvalue weighted by Gasteiger charge is -2.14. The summed E-state index contributed by atoms with van der Waals surface area (Å²) in [6.45, 7) is 0.123. The Hall–Kier alpha value is -4.64. The molecule has 202 valence electrons. The first kappa shape index (κ1) is 26.9. The highest BCUT2D eigenvalue weighted by Gasteiger charge is 2.35. The van der Waals surface area contributed by atoms with Gasteiger partial charge in [-0.2, -0.15) is 23.4 Å². The van der Waals surface area contributed by atoms with Crippen molar-refractivity contribution in [2.24, 2.45) is 10.2 Å². The van der Waals surface area contributed by atoms with Crippen molar-refractivity contribution in [1.29, 1.82) is 0 Å². The van der Waals surface area contributed by atoms with Crippen molar-refractivity contribution < 1.29 is 32.6 Å². The summed E-state index contributed by atoms with van der Waals surface area (Å²) in [5.41, 5.74) is -0.438. The predicted molar refractivity (Wildman–Crippen MR) is 146 cm³/mol. The standard InChI is InChI=1S/C29H20F3N3O4S/c30-29(31,32)20-7-4-8-21(17-20)33-34-22-11-12-24(36)19(15-22)16-26-27(37)35(28(38)40-26)13-14-39-25-10-3-6-18-5-1-2-9-23(18)25/h1-12,15-17,36H,13-14H2/b26-16-,34-33?. The number of fused-ring (bicyclic) bond motifs is 1. The summed E-state index contributed by atoms with van der Waals surface area (Å²) in [7, 11) is 0. The van der Waals surface area contributed by atoms with Gasteiger partial charge in [0.25, 0.3) is 11.1 Å². The first-order chi connectivity index (χ1) is 19.2. The van der Waals surface area contributed by atoms with Crippen molar-refractivity contribution in [3.63, 3.8) is 0 Å². The number of amides is 2. The third-order valence-corrected chi connectivity index (χ3v) is 6.86. The zero-order chi connectivity index (χ0) is 28.3. The van der Waals surface area contributed by atoms with E-state index in [0.717, 1.165) is 39.6 Å². The van der Waals surface area contributed by atoms with E-state index in [4.69, 9.17) is 4.74 Å². The lowest BCUT2D eigenvalue weighted by molar-refractivity contribution is -0.137. The van der Waals surface area contributed by atoms with Gasteiger partial charge in [-0.25, -0.2) is 0 Å².